The first-order chi connectivity index (χ1) is 17.7. The molecule has 0 aliphatic carbocycles. The van der Waals surface area contributed by atoms with Crippen LogP contribution in [-0.2, 0) is 9.53 Å². The van der Waals surface area contributed by atoms with Crippen molar-refractivity contribution < 1.29 is 43.2 Å². The molecule has 2 aromatic rings. The van der Waals surface area contributed by atoms with Gasteiger partial charge in [-0.3, -0.25) is 4.79 Å². The van der Waals surface area contributed by atoms with Crippen LogP contribution in [0.25, 0.3) is 12.2 Å². The average Bonchev–Trinajstić information content (AvgIpc) is 2.88. The predicted octanol–water partition coefficient (Wildman–Crippen LogP) is 3.81. The third-order valence-corrected chi connectivity index (χ3v) is 5.07. The van der Waals surface area contributed by atoms with E-state index >= 15 is 0 Å². The van der Waals surface area contributed by atoms with Crippen LogP contribution in [0.2, 0.25) is 0 Å². The Kier molecular flexibility index (Phi) is 11.1. The van der Waals surface area contributed by atoms with Crippen molar-refractivity contribution in [2.75, 3.05) is 34.5 Å². The first-order valence-corrected chi connectivity index (χ1v) is 11.4. The normalized spacial score (nSPS) is 11.5. The van der Waals surface area contributed by atoms with Gasteiger partial charge in [-0.2, -0.15) is 0 Å². The number of rotatable bonds is 12. The highest BCUT2D eigenvalue weighted by Gasteiger charge is 2.23. The zero-order valence-electron chi connectivity index (χ0n) is 21.4. The summed E-state index contributed by atoms with van der Waals surface area (Å²) >= 11 is 0. The van der Waals surface area contributed by atoms with Crippen LogP contribution in [0.3, 0.4) is 0 Å². The quantitative estimate of drug-likeness (QED) is 0.166. The molecule has 0 radical (unpaired) electrons. The molecule has 0 aliphatic heterocycles. The van der Waals surface area contributed by atoms with Gasteiger partial charge in [-0.25, -0.2) is 9.59 Å². The minimum Gasteiger partial charge on any atom is -0.497 e. The van der Waals surface area contributed by atoms with Gasteiger partial charge in [0, 0.05) is 6.07 Å². The van der Waals surface area contributed by atoms with Crippen LogP contribution in [0.15, 0.2) is 36.4 Å². The van der Waals surface area contributed by atoms with Gasteiger partial charge in [0.2, 0.25) is 5.91 Å². The van der Waals surface area contributed by atoms with Crippen LogP contribution in [0.5, 0.6) is 23.0 Å². The Hall–Kier alpha value is -4.41. The van der Waals surface area contributed by atoms with Gasteiger partial charge in [0.05, 0.1) is 27.9 Å². The highest BCUT2D eigenvalue weighted by atomic mass is 16.7. The SMILES string of the molecule is COc1cc(C=Cc2ccc(OC(=O)OCCNC(=O)C(NC(=O)O)C(C)C)c(OC)c2)cc(OC)c1. The molecule has 200 valence electrons. The van der Waals surface area contributed by atoms with Crippen LogP contribution in [-0.4, -0.2) is 63.8 Å². The number of amides is 2. The van der Waals surface area contributed by atoms with Gasteiger partial charge >= 0.3 is 12.2 Å². The molecule has 0 aliphatic rings. The van der Waals surface area contributed by atoms with Gasteiger partial charge in [0.25, 0.3) is 0 Å². The molecule has 0 bridgehead atoms. The zero-order chi connectivity index (χ0) is 27.4. The molecule has 3 N–H and O–H groups in total. The van der Waals surface area contributed by atoms with E-state index in [1.807, 2.05) is 24.3 Å². The lowest BCUT2D eigenvalue weighted by atomic mass is 10.0. The highest BCUT2D eigenvalue weighted by Crippen LogP contribution is 2.30. The fraction of sp³-hybridized carbons (Fsp3) is 0.346. The molecule has 1 unspecified atom stereocenters. The number of benzene rings is 2. The number of nitrogens with one attached hydrogen (secondary N) is 2. The van der Waals surface area contributed by atoms with E-state index < -0.39 is 24.2 Å². The average molecular weight is 517 g/mol. The fourth-order valence-electron chi connectivity index (χ4n) is 3.20. The van der Waals surface area contributed by atoms with Crippen LogP contribution < -0.4 is 29.6 Å². The molecule has 2 amide bonds. The molecule has 2 rings (SSSR count). The standard InChI is InChI=1S/C26H32N2O9/c1-16(2)23(28-25(30)31)24(29)27-10-11-36-26(32)37-21-9-8-17(14-22(21)35-5)6-7-18-12-19(33-3)15-20(13-18)34-4/h6-9,12-16,23,28H,10-11H2,1-5H3,(H,27,29)(H,30,31). The number of carbonyl (C=O) groups is 3. The first kappa shape index (κ1) is 28.8. The summed E-state index contributed by atoms with van der Waals surface area (Å²) in [7, 11) is 4.60. The number of carboxylic acid groups (broad SMARTS) is 1. The van der Waals surface area contributed by atoms with E-state index in [1.165, 1.54) is 7.11 Å². The molecule has 0 saturated heterocycles. The van der Waals surface area contributed by atoms with E-state index in [0.717, 1.165) is 11.1 Å². The second kappa shape index (κ2) is 14.2. The second-order valence-corrected chi connectivity index (χ2v) is 8.05. The summed E-state index contributed by atoms with van der Waals surface area (Å²) in [4.78, 5) is 35.1. The number of carbonyl (C=O) groups excluding carboxylic acids is 2. The Morgan fingerprint density at radius 1 is 0.892 bits per heavy atom. The van der Waals surface area contributed by atoms with E-state index in [2.05, 4.69) is 10.6 Å². The third kappa shape index (κ3) is 9.28. The van der Waals surface area contributed by atoms with Crippen LogP contribution in [0, 0.1) is 5.92 Å². The summed E-state index contributed by atoms with van der Waals surface area (Å²) in [6.45, 7) is 3.22. The van der Waals surface area contributed by atoms with Crippen molar-refractivity contribution >= 4 is 30.3 Å². The number of hydrogen-bond acceptors (Lipinski definition) is 8. The maximum Gasteiger partial charge on any atom is 0.514 e. The molecule has 11 nitrogen and oxygen atoms in total. The van der Waals surface area contributed by atoms with Crippen LogP contribution in [0.4, 0.5) is 9.59 Å². The summed E-state index contributed by atoms with van der Waals surface area (Å²) in [5.41, 5.74) is 1.65. The molecular formula is C26H32N2O9. The molecule has 0 fully saturated rings. The lowest BCUT2D eigenvalue weighted by molar-refractivity contribution is -0.124. The second-order valence-electron chi connectivity index (χ2n) is 8.05. The van der Waals surface area contributed by atoms with Crippen molar-refractivity contribution in [3.8, 4) is 23.0 Å². The minimum atomic E-state index is -1.30. The summed E-state index contributed by atoms with van der Waals surface area (Å²) in [6, 6.07) is 9.57. The molecule has 37 heavy (non-hydrogen) atoms. The van der Waals surface area contributed by atoms with Crippen LogP contribution in [0.1, 0.15) is 25.0 Å². The van der Waals surface area contributed by atoms with E-state index in [9.17, 15) is 14.4 Å². The predicted molar refractivity (Wildman–Crippen MR) is 136 cm³/mol. The largest absolute Gasteiger partial charge is 0.514 e. The molecule has 11 heteroatoms. The molecule has 0 spiro atoms. The van der Waals surface area contributed by atoms with Gasteiger partial charge in [0.15, 0.2) is 11.5 Å². The van der Waals surface area contributed by atoms with Gasteiger partial charge in [-0.15, -0.1) is 0 Å². The van der Waals surface area contributed by atoms with Crippen molar-refractivity contribution in [2.45, 2.75) is 19.9 Å². The Labute approximate surface area is 215 Å². The topological polar surface area (TPSA) is 142 Å². The molecular weight excluding hydrogens is 484 g/mol. The smallest absolute Gasteiger partial charge is 0.497 e. The van der Waals surface area contributed by atoms with E-state index in [1.54, 1.807) is 52.3 Å². The van der Waals surface area contributed by atoms with Gasteiger partial charge < -0.3 is 39.4 Å². The molecule has 1 atom stereocenters. The Morgan fingerprint density at radius 2 is 1.54 bits per heavy atom. The fourth-order valence-corrected chi connectivity index (χ4v) is 3.20. The van der Waals surface area contributed by atoms with E-state index in [0.29, 0.717) is 17.2 Å². The van der Waals surface area contributed by atoms with Gasteiger partial charge in [0.1, 0.15) is 24.1 Å². The van der Waals surface area contributed by atoms with Crippen molar-refractivity contribution in [3.05, 3.63) is 47.5 Å². The summed E-state index contributed by atoms with van der Waals surface area (Å²) in [5.74, 6) is 1.01. The van der Waals surface area contributed by atoms with E-state index in [4.69, 9.17) is 28.8 Å². The minimum absolute atomic E-state index is 0.0195. The maximum absolute atomic E-state index is 12.1. The lowest BCUT2D eigenvalue weighted by Crippen LogP contribution is -2.49. The Morgan fingerprint density at radius 3 is 2.11 bits per heavy atom. The lowest BCUT2D eigenvalue weighted by Gasteiger charge is -2.19. The Bertz CT molecular complexity index is 1090. The molecule has 2 aromatic carbocycles. The number of hydrogen-bond donors (Lipinski definition) is 3. The molecule has 0 aromatic heterocycles. The third-order valence-electron chi connectivity index (χ3n) is 5.07. The zero-order valence-corrected chi connectivity index (χ0v) is 21.4. The molecule has 0 saturated carbocycles. The number of ether oxygens (including phenoxy) is 5. The van der Waals surface area contributed by atoms with E-state index in [-0.39, 0.29) is 24.8 Å². The Balaban J connectivity index is 1.93. The first-order valence-electron chi connectivity index (χ1n) is 11.4. The highest BCUT2D eigenvalue weighted by molar-refractivity contribution is 5.85. The van der Waals surface area contributed by atoms with Gasteiger partial charge in [-0.05, 0) is 41.3 Å². The molecule has 0 heterocycles. The van der Waals surface area contributed by atoms with Crippen molar-refractivity contribution in [3.63, 3.8) is 0 Å². The van der Waals surface area contributed by atoms with Crippen molar-refractivity contribution in [2.24, 2.45) is 5.92 Å². The maximum atomic E-state index is 12.1. The number of methoxy groups -OCH3 is 3. The monoisotopic (exact) mass is 516 g/mol. The van der Waals surface area contributed by atoms with Gasteiger partial charge in [-0.1, -0.05) is 32.1 Å². The van der Waals surface area contributed by atoms with Crippen molar-refractivity contribution in [1.29, 1.82) is 0 Å². The van der Waals surface area contributed by atoms with Crippen LogP contribution >= 0.6 is 0 Å². The summed E-state index contributed by atoms with van der Waals surface area (Å²) in [6.07, 6.45) is 1.44. The van der Waals surface area contributed by atoms with Crippen molar-refractivity contribution in [1.82, 2.24) is 10.6 Å². The summed E-state index contributed by atoms with van der Waals surface area (Å²) < 4.78 is 26.1. The summed E-state index contributed by atoms with van der Waals surface area (Å²) in [5, 5.41) is 13.5.